The van der Waals surface area contributed by atoms with Crippen molar-refractivity contribution in [3.05, 3.63) is 0 Å². The summed E-state index contributed by atoms with van der Waals surface area (Å²) in [6, 6.07) is 0.0494. The maximum absolute atomic E-state index is 11.2. The van der Waals surface area contributed by atoms with Crippen molar-refractivity contribution in [3.8, 4) is 12.3 Å². The Kier molecular flexibility index (Phi) is 7.45. The third kappa shape index (κ3) is 9.77. The highest BCUT2D eigenvalue weighted by Crippen LogP contribution is 2.03. The van der Waals surface area contributed by atoms with Gasteiger partial charge in [0, 0.05) is 18.7 Å². The zero-order chi connectivity index (χ0) is 11.7. The Hall–Kier alpha value is -0.530. The third-order valence-electron chi connectivity index (χ3n) is 2.06. The van der Waals surface area contributed by atoms with Gasteiger partial charge in [0.15, 0.2) is 0 Å². The summed E-state index contributed by atoms with van der Waals surface area (Å²) in [7, 11) is -2.91. The second-order valence-corrected chi connectivity index (χ2v) is 6.02. The monoisotopic (exact) mass is 231 g/mol. The number of nitrogens with one attached hydrogen (secondary N) is 1. The van der Waals surface area contributed by atoms with E-state index in [1.807, 2.05) is 0 Å². The first-order valence-electron chi connectivity index (χ1n) is 5.34. The average Bonchev–Trinajstić information content (AvgIpc) is 2.12. The standard InChI is InChI=1S/C11H21NO2S/c1-4-6-7-8-11(12-9-5-2)10-15(3,13)14/h1,11-12H,5-10H2,2-3H3. The fourth-order valence-corrected chi connectivity index (χ4v) is 2.42. The molecule has 0 spiro atoms. The average molecular weight is 231 g/mol. The van der Waals surface area contributed by atoms with Crippen LogP contribution in [0.3, 0.4) is 0 Å². The zero-order valence-corrected chi connectivity index (χ0v) is 10.4. The molecule has 0 aromatic carbocycles. The number of rotatable bonds is 8. The Bertz CT molecular complexity index is 290. The summed E-state index contributed by atoms with van der Waals surface area (Å²) < 4.78 is 22.3. The second kappa shape index (κ2) is 7.72. The van der Waals surface area contributed by atoms with E-state index in [0.29, 0.717) is 6.42 Å². The molecule has 0 radical (unpaired) electrons. The summed E-state index contributed by atoms with van der Waals surface area (Å²) in [5, 5.41) is 3.24. The Morgan fingerprint density at radius 2 is 2.13 bits per heavy atom. The van der Waals surface area contributed by atoms with Crippen LogP contribution in [0.1, 0.15) is 32.6 Å². The summed E-state index contributed by atoms with van der Waals surface area (Å²) >= 11 is 0. The van der Waals surface area contributed by atoms with Crippen LogP contribution in [0.15, 0.2) is 0 Å². The molecule has 0 aliphatic rings. The van der Waals surface area contributed by atoms with E-state index in [9.17, 15) is 8.42 Å². The molecule has 4 heteroatoms. The van der Waals surface area contributed by atoms with Gasteiger partial charge in [-0.15, -0.1) is 12.3 Å². The third-order valence-corrected chi connectivity index (χ3v) is 3.07. The van der Waals surface area contributed by atoms with Crippen molar-refractivity contribution in [2.45, 2.75) is 38.6 Å². The van der Waals surface area contributed by atoms with Gasteiger partial charge in [0.2, 0.25) is 0 Å². The van der Waals surface area contributed by atoms with E-state index in [1.54, 1.807) is 0 Å². The molecule has 0 heterocycles. The van der Waals surface area contributed by atoms with Gasteiger partial charge in [-0.05, 0) is 25.8 Å². The highest BCUT2D eigenvalue weighted by atomic mass is 32.2. The molecule has 88 valence electrons. The molecular formula is C11H21NO2S. The SMILES string of the molecule is C#CCCCC(CS(C)(=O)=O)NCCC. The minimum absolute atomic E-state index is 0.0494. The van der Waals surface area contributed by atoms with Gasteiger partial charge in [0.25, 0.3) is 0 Å². The lowest BCUT2D eigenvalue weighted by Gasteiger charge is -2.16. The van der Waals surface area contributed by atoms with Gasteiger partial charge in [-0.25, -0.2) is 8.42 Å². The summed E-state index contributed by atoms with van der Waals surface area (Å²) in [5.41, 5.74) is 0. The van der Waals surface area contributed by atoms with Crippen molar-refractivity contribution in [3.63, 3.8) is 0 Å². The van der Waals surface area contributed by atoms with Gasteiger partial charge in [-0.3, -0.25) is 0 Å². The highest BCUT2D eigenvalue weighted by molar-refractivity contribution is 7.90. The first kappa shape index (κ1) is 14.5. The molecule has 15 heavy (non-hydrogen) atoms. The predicted molar refractivity (Wildman–Crippen MR) is 64.5 cm³/mol. The molecule has 0 aliphatic carbocycles. The predicted octanol–water partition coefficient (Wildman–Crippen LogP) is 1.20. The van der Waals surface area contributed by atoms with Gasteiger partial charge in [0.1, 0.15) is 9.84 Å². The second-order valence-electron chi connectivity index (χ2n) is 3.84. The Labute approximate surface area is 93.6 Å². The van der Waals surface area contributed by atoms with Crippen LogP contribution in [0, 0.1) is 12.3 Å². The summed E-state index contributed by atoms with van der Waals surface area (Å²) in [4.78, 5) is 0. The minimum Gasteiger partial charge on any atom is -0.313 e. The molecule has 0 amide bonds. The molecule has 3 nitrogen and oxygen atoms in total. The number of hydrogen-bond donors (Lipinski definition) is 1. The smallest absolute Gasteiger partial charge is 0.148 e. The number of terminal acetylenes is 1. The minimum atomic E-state index is -2.91. The lowest BCUT2D eigenvalue weighted by Crippen LogP contribution is -2.35. The van der Waals surface area contributed by atoms with Crippen LogP contribution in [0.5, 0.6) is 0 Å². The van der Waals surface area contributed by atoms with Crippen molar-refractivity contribution < 1.29 is 8.42 Å². The van der Waals surface area contributed by atoms with Crippen molar-refractivity contribution in [2.75, 3.05) is 18.6 Å². The van der Waals surface area contributed by atoms with Crippen molar-refractivity contribution >= 4 is 9.84 Å². The molecule has 1 N–H and O–H groups in total. The summed E-state index contributed by atoms with van der Waals surface area (Å²) in [6.07, 6.45) is 9.86. The van der Waals surface area contributed by atoms with Crippen LogP contribution in [-0.4, -0.2) is 33.0 Å². The van der Waals surface area contributed by atoms with Crippen LogP contribution in [0.4, 0.5) is 0 Å². The highest BCUT2D eigenvalue weighted by Gasteiger charge is 2.13. The van der Waals surface area contributed by atoms with Crippen LogP contribution in [-0.2, 0) is 9.84 Å². The lowest BCUT2D eigenvalue weighted by molar-refractivity contribution is 0.495. The van der Waals surface area contributed by atoms with Crippen molar-refractivity contribution in [1.29, 1.82) is 0 Å². The van der Waals surface area contributed by atoms with Crippen LogP contribution < -0.4 is 5.32 Å². The molecule has 1 unspecified atom stereocenters. The molecule has 1 atom stereocenters. The van der Waals surface area contributed by atoms with Crippen LogP contribution >= 0.6 is 0 Å². The normalized spacial score (nSPS) is 13.4. The molecule has 0 rings (SSSR count). The van der Waals surface area contributed by atoms with E-state index in [2.05, 4.69) is 18.2 Å². The largest absolute Gasteiger partial charge is 0.313 e. The maximum atomic E-state index is 11.2. The van der Waals surface area contributed by atoms with E-state index in [0.717, 1.165) is 25.8 Å². The first-order valence-corrected chi connectivity index (χ1v) is 7.40. The Morgan fingerprint density at radius 3 is 2.60 bits per heavy atom. The topological polar surface area (TPSA) is 46.2 Å². The van der Waals surface area contributed by atoms with Gasteiger partial charge < -0.3 is 5.32 Å². The molecule has 0 aliphatic heterocycles. The summed E-state index contributed by atoms with van der Waals surface area (Å²) in [6.45, 7) is 2.92. The molecular weight excluding hydrogens is 210 g/mol. The van der Waals surface area contributed by atoms with Crippen molar-refractivity contribution in [1.82, 2.24) is 5.32 Å². The fraction of sp³-hybridized carbons (Fsp3) is 0.818. The fourth-order valence-electron chi connectivity index (χ4n) is 1.41. The molecule has 0 fully saturated rings. The van der Waals surface area contributed by atoms with Gasteiger partial charge in [-0.1, -0.05) is 6.92 Å². The zero-order valence-electron chi connectivity index (χ0n) is 9.62. The van der Waals surface area contributed by atoms with E-state index >= 15 is 0 Å². The Morgan fingerprint density at radius 1 is 1.47 bits per heavy atom. The quantitative estimate of drug-likeness (QED) is 0.504. The molecule has 0 aromatic heterocycles. The van der Waals surface area contributed by atoms with E-state index in [-0.39, 0.29) is 11.8 Å². The van der Waals surface area contributed by atoms with Crippen molar-refractivity contribution in [2.24, 2.45) is 0 Å². The van der Waals surface area contributed by atoms with E-state index < -0.39 is 9.84 Å². The van der Waals surface area contributed by atoms with Gasteiger partial charge in [-0.2, -0.15) is 0 Å². The molecule has 0 saturated carbocycles. The molecule has 0 aromatic rings. The number of hydrogen-bond acceptors (Lipinski definition) is 3. The van der Waals surface area contributed by atoms with E-state index in [4.69, 9.17) is 6.42 Å². The van der Waals surface area contributed by atoms with Crippen LogP contribution in [0.25, 0.3) is 0 Å². The lowest BCUT2D eigenvalue weighted by atomic mass is 10.1. The molecule has 0 saturated heterocycles. The van der Waals surface area contributed by atoms with Crippen LogP contribution in [0.2, 0.25) is 0 Å². The van der Waals surface area contributed by atoms with E-state index in [1.165, 1.54) is 6.26 Å². The number of sulfone groups is 1. The number of unbranched alkanes of at least 4 members (excludes halogenated alkanes) is 1. The maximum Gasteiger partial charge on any atom is 0.148 e. The van der Waals surface area contributed by atoms with Gasteiger partial charge >= 0.3 is 0 Å². The van der Waals surface area contributed by atoms with Gasteiger partial charge in [0.05, 0.1) is 5.75 Å². The summed E-state index contributed by atoms with van der Waals surface area (Å²) in [5.74, 6) is 2.77. The Balaban J connectivity index is 4.01. The molecule has 0 bridgehead atoms. The first-order chi connectivity index (χ1) is 6.99.